The number of fused-ring (bicyclic) bond motifs is 1. The van der Waals surface area contributed by atoms with E-state index in [0.29, 0.717) is 32.3 Å². The standard InChI is InChI=1S/C19H15Cl2FN2O3/c1-10-13-7-11(22)3-6-16(13)27-18(10)19(26)24(2)9-17(25)23-12-4-5-14(20)15(21)8-12/h3-8H,9H2,1-2H3,(H,23,25). The molecule has 3 rings (SSSR count). The zero-order chi connectivity index (χ0) is 19.7. The molecule has 2 aromatic carbocycles. The summed E-state index contributed by atoms with van der Waals surface area (Å²) in [6.45, 7) is 1.46. The van der Waals surface area contributed by atoms with E-state index < -0.39 is 17.6 Å². The SMILES string of the molecule is Cc1c(C(=O)N(C)CC(=O)Nc2ccc(Cl)c(Cl)c2)oc2ccc(F)cc12. The average molecular weight is 409 g/mol. The summed E-state index contributed by atoms with van der Waals surface area (Å²) >= 11 is 11.8. The van der Waals surface area contributed by atoms with Crippen LogP contribution in [0.1, 0.15) is 16.1 Å². The fourth-order valence-electron chi connectivity index (χ4n) is 2.63. The molecule has 0 aliphatic carbocycles. The molecule has 0 aliphatic heterocycles. The van der Waals surface area contributed by atoms with E-state index in [0.717, 1.165) is 0 Å². The second kappa shape index (κ2) is 7.58. The Bertz CT molecular complexity index is 1050. The molecule has 27 heavy (non-hydrogen) atoms. The summed E-state index contributed by atoms with van der Waals surface area (Å²) in [5.41, 5.74) is 1.39. The highest BCUT2D eigenvalue weighted by Gasteiger charge is 2.22. The van der Waals surface area contributed by atoms with E-state index in [-0.39, 0.29) is 12.3 Å². The molecule has 1 heterocycles. The monoisotopic (exact) mass is 408 g/mol. The van der Waals surface area contributed by atoms with Gasteiger partial charge in [0, 0.05) is 23.7 Å². The molecule has 0 bridgehead atoms. The quantitative estimate of drug-likeness (QED) is 0.667. The van der Waals surface area contributed by atoms with Gasteiger partial charge in [0.1, 0.15) is 11.4 Å². The number of nitrogens with zero attached hydrogens (tertiary/aromatic N) is 1. The molecule has 0 radical (unpaired) electrons. The summed E-state index contributed by atoms with van der Waals surface area (Å²) in [4.78, 5) is 26.0. The summed E-state index contributed by atoms with van der Waals surface area (Å²) in [7, 11) is 1.48. The van der Waals surface area contributed by atoms with E-state index in [1.54, 1.807) is 19.1 Å². The van der Waals surface area contributed by atoms with E-state index in [2.05, 4.69) is 5.32 Å². The van der Waals surface area contributed by atoms with Gasteiger partial charge in [-0.15, -0.1) is 0 Å². The third-order valence-corrected chi connectivity index (χ3v) is 4.76. The van der Waals surface area contributed by atoms with Gasteiger partial charge >= 0.3 is 0 Å². The molecule has 0 aliphatic rings. The number of halogens is 3. The molecule has 0 spiro atoms. The van der Waals surface area contributed by atoms with E-state index in [9.17, 15) is 14.0 Å². The van der Waals surface area contributed by atoms with Crippen molar-refractivity contribution in [3.63, 3.8) is 0 Å². The van der Waals surface area contributed by atoms with Crippen LogP contribution in [0.25, 0.3) is 11.0 Å². The van der Waals surface area contributed by atoms with Gasteiger partial charge in [-0.2, -0.15) is 0 Å². The molecule has 8 heteroatoms. The molecule has 1 aromatic heterocycles. The first-order valence-corrected chi connectivity index (χ1v) is 8.71. The normalized spacial score (nSPS) is 10.9. The van der Waals surface area contributed by atoms with Crippen LogP contribution in [-0.2, 0) is 4.79 Å². The highest BCUT2D eigenvalue weighted by atomic mass is 35.5. The summed E-state index contributed by atoms with van der Waals surface area (Å²) < 4.78 is 19.0. The van der Waals surface area contributed by atoms with Gasteiger partial charge in [0.15, 0.2) is 5.76 Å². The number of benzene rings is 2. The summed E-state index contributed by atoms with van der Waals surface area (Å²) in [6, 6.07) is 8.71. The van der Waals surface area contributed by atoms with Crippen molar-refractivity contribution in [2.75, 3.05) is 18.9 Å². The maximum Gasteiger partial charge on any atom is 0.290 e. The predicted octanol–water partition coefficient (Wildman–Crippen LogP) is 4.90. The lowest BCUT2D eigenvalue weighted by atomic mass is 10.1. The minimum Gasteiger partial charge on any atom is -0.451 e. The Hall–Kier alpha value is -2.57. The van der Waals surface area contributed by atoms with Crippen molar-refractivity contribution in [2.24, 2.45) is 0 Å². The maximum atomic E-state index is 13.4. The van der Waals surface area contributed by atoms with Crippen LogP contribution in [0.2, 0.25) is 10.0 Å². The lowest BCUT2D eigenvalue weighted by Crippen LogP contribution is -2.35. The lowest BCUT2D eigenvalue weighted by Gasteiger charge is -2.16. The number of carbonyl (C=O) groups excluding carboxylic acids is 2. The van der Waals surface area contributed by atoms with Gasteiger partial charge in [-0.3, -0.25) is 9.59 Å². The Morgan fingerprint density at radius 2 is 1.89 bits per heavy atom. The van der Waals surface area contributed by atoms with E-state index in [1.165, 1.54) is 36.2 Å². The Labute approximate surface area is 164 Å². The molecule has 3 aromatic rings. The van der Waals surface area contributed by atoms with Crippen LogP contribution in [0.15, 0.2) is 40.8 Å². The molecule has 0 unspecified atom stereocenters. The van der Waals surface area contributed by atoms with Gasteiger partial charge in [-0.1, -0.05) is 23.2 Å². The molecule has 0 saturated heterocycles. The van der Waals surface area contributed by atoms with Gasteiger partial charge in [-0.05, 0) is 43.3 Å². The van der Waals surface area contributed by atoms with Crippen LogP contribution in [0.3, 0.4) is 0 Å². The number of likely N-dealkylation sites (N-methyl/N-ethyl adjacent to an activating group) is 1. The van der Waals surface area contributed by atoms with Gasteiger partial charge in [0.25, 0.3) is 5.91 Å². The van der Waals surface area contributed by atoms with E-state index >= 15 is 0 Å². The molecule has 2 amide bonds. The maximum absolute atomic E-state index is 13.4. The summed E-state index contributed by atoms with van der Waals surface area (Å²) in [5, 5.41) is 3.84. The van der Waals surface area contributed by atoms with Gasteiger partial charge in [0.05, 0.1) is 16.6 Å². The van der Waals surface area contributed by atoms with Crippen LogP contribution in [0.4, 0.5) is 10.1 Å². The Kier molecular flexibility index (Phi) is 5.39. The van der Waals surface area contributed by atoms with Crippen molar-refractivity contribution >= 4 is 51.7 Å². The molecule has 140 valence electrons. The van der Waals surface area contributed by atoms with Crippen LogP contribution in [0.5, 0.6) is 0 Å². The first-order valence-electron chi connectivity index (χ1n) is 7.95. The van der Waals surface area contributed by atoms with Crippen molar-refractivity contribution in [1.29, 1.82) is 0 Å². The van der Waals surface area contributed by atoms with Crippen molar-refractivity contribution in [1.82, 2.24) is 4.90 Å². The molecular formula is C19H15Cl2FN2O3. The summed E-state index contributed by atoms with van der Waals surface area (Å²) in [6.07, 6.45) is 0. The molecule has 0 fully saturated rings. The smallest absolute Gasteiger partial charge is 0.290 e. The Morgan fingerprint density at radius 1 is 1.15 bits per heavy atom. The fraction of sp³-hybridized carbons (Fsp3) is 0.158. The first kappa shape index (κ1) is 19.2. The number of rotatable bonds is 4. The number of carbonyl (C=O) groups is 2. The zero-order valence-electron chi connectivity index (χ0n) is 14.5. The Balaban J connectivity index is 1.72. The van der Waals surface area contributed by atoms with Crippen molar-refractivity contribution in [2.45, 2.75) is 6.92 Å². The van der Waals surface area contributed by atoms with Gasteiger partial charge < -0.3 is 14.6 Å². The number of anilines is 1. The third kappa shape index (κ3) is 4.07. The second-order valence-corrected chi connectivity index (χ2v) is 6.85. The largest absolute Gasteiger partial charge is 0.451 e. The second-order valence-electron chi connectivity index (χ2n) is 6.03. The van der Waals surface area contributed by atoms with E-state index in [4.69, 9.17) is 27.6 Å². The minimum atomic E-state index is -0.478. The predicted molar refractivity (Wildman–Crippen MR) is 103 cm³/mol. The van der Waals surface area contributed by atoms with Crippen LogP contribution in [-0.4, -0.2) is 30.3 Å². The van der Waals surface area contributed by atoms with Gasteiger partial charge in [-0.25, -0.2) is 4.39 Å². The number of aryl methyl sites for hydroxylation is 1. The minimum absolute atomic E-state index is 0.0698. The van der Waals surface area contributed by atoms with Crippen molar-refractivity contribution in [3.8, 4) is 0 Å². The number of furan rings is 1. The number of hydrogen-bond donors (Lipinski definition) is 1. The van der Waals surface area contributed by atoms with Gasteiger partial charge in [0.2, 0.25) is 5.91 Å². The molecule has 1 N–H and O–H groups in total. The van der Waals surface area contributed by atoms with Crippen LogP contribution < -0.4 is 5.32 Å². The summed E-state index contributed by atoms with van der Waals surface area (Å²) in [5.74, 6) is -1.24. The van der Waals surface area contributed by atoms with E-state index in [1.807, 2.05) is 0 Å². The third-order valence-electron chi connectivity index (χ3n) is 4.02. The number of nitrogens with one attached hydrogen (secondary N) is 1. The van der Waals surface area contributed by atoms with Crippen molar-refractivity contribution in [3.05, 3.63) is 63.6 Å². The number of hydrogen-bond acceptors (Lipinski definition) is 3. The Morgan fingerprint density at radius 3 is 2.59 bits per heavy atom. The lowest BCUT2D eigenvalue weighted by molar-refractivity contribution is -0.116. The topological polar surface area (TPSA) is 62.6 Å². The van der Waals surface area contributed by atoms with Crippen LogP contribution in [0, 0.1) is 12.7 Å². The molecule has 0 atom stereocenters. The fourth-order valence-corrected chi connectivity index (χ4v) is 2.93. The molecule has 0 saturated carbocycles. The van der Waals surface area contributed by atoms with Crippen LogP contribution >= 0.6 is 23.2 Å². The average Bonchev–Trinajstić information content (AvgIpc) is 2.93. The zero-order valence-corrected chi connectivity index (χ0v) is 16.0. The first-order chi connectivity index (χ1) is 12.8. The highest BCUT2D eigenvalue weighted by Crippen LogP contribution is 2.27. The molecule has 5 nitrogen and oxygen atoms in total. The highest BCUT2D eigenvalue weighted by molar-refractivity contribution is 6.42. The molecular weight excluding hydrogens is 394 g/mol. The number of amides is 2. The van der Waals surface area contributed by atoms with Crippen molar-refractivity contribution < 1.29 is 18.4 Å².